The number of benzene rings is 1. The van der Waals surface area contributed by atoms with E-state index in [0.717, 1.165) is 4.88 Å². The molecule has 0 bridgehead atoms. The number of thiophene rings is 1. The Bertz CT molecular complexity index is 1020. The normalized spacial score (nSPS) is 11.9. The molecule has 1 atom stereocenters. The van der Waals surface area contributed by atoms with Gasteiger partial charge in [-0.15, -0.1) is 11.3 Å². The first-order valence-electron chi connectivity index (χ1n) is 8.52. The fourth-order valence-electron chi connectivity index (χ4n) is 2.64. The molecule has 0 aliphatic carbocycles. The zero-order valence-corrected chi connectivity index (χ0v) is 16.0. The summed E-state index contributed by atoms with van der Waals surface area (Å²) in [7, 11) is 1.30. The van der Waals surface area contributed by atoms with Gasteiger partial charge in [0, 0.05) is 4.88 Å². The van der Waals surface area contributed by atoms with Gasteiger partial charge < -0.3 is 19.8 Å². The van der Waals surface area contributed by atoms with Crippen LogP contribution >= 0.6 is 11.3 Å². The van der Waals surface area contributed by atoms with Crippen LogP contribution in [0.1, 0.15) is 23.2 Å². The number of esters is 1. The molecule has 2 aromatic heterocycles. The molecule has 3 rings (SSSR count). The maximum atomic E-state index is 12.2. The van der Waals surface area contributed by atoms with E-state index in [1.807, 2.05) is 17.5 Å². The number of carbonyl (C=O) groups excluding carboxylic acids is 2. The molecule has 0 saturated carbocycles. The van der Waals surface area contributed by atoms with Crippen LogP contribution in [0.15, 0.2) is 46.6 Å². The highest BCUT2D eigenvalue weighted by atomic mass is 32.1. The van der Waals surface area contributed by atoms with Gasteiger partial charge in [0.2, 0.25) is 5.91 Å². The van der Waals surface area contributed by atoms with Crippen molar-refractivity contribution in [1.82, 2.24) is 15.3 Å². The summed E-state index contributed by atoms with van der Waals surface area (Å²) in [4.78, 5) is 43.6. The second-order valence-corrected chi connectivity index (χ2v) is 6.92. The molecule has 28 heavy (non-hydrogen) atoms. The predicted molar refractivity (Wildman–Crippen MR) is 104 cm³/mol. The Labute approximate surface area is 164 Å². The molecule has 0 spiro atoms. The van der Waals surface area contributed by atoms with Gasteiger partial charge in [-0.2, -0.15) is 0 Å². The van der Waals surface area contributed by atoms with Crippen LogP contribution in [0.5, 0.6) is 0 Å². The van der Waals surface area contributed by atoms with Crippen molar-refractivity contribution < 1.29 is 19.1 Å². The van der Waals surface area contributed by atoms with Crippen LogP contribution in [0, 0.1) is 0 Å². The van der Waals surface area contributed by atoms with Crippen molar-refractivity contribution in [3.63, 3.8) is 0 Å². The third-order valence-corrected chi connectivity index (χ3v) is 4.94. The Balaban J connectivity index is 1.57. The molecule has 0 fully saturated rings. The summed E-state index contributed by atoms with van der Waals surface area (Å²) < 4.78 is 10.1. The average Bonchev–Trinajstić information content (AvgIpc) is 3.22. The summed E-state index contributed by atoms with van der Waals surface area (Å²) in [5.74, 6) is -0.469. The van der Waals surface area contributed by atoms with Crippen molar-refractivity contribution in [2.75, 3.05) is 13.7 Å². The Morgan fingerprint density at radius 3 is 2.82 bits per heavy atom. The van der Waals surface area contributed by atoms with Gasteiger partial charge in [-0.05, 0) is 23.6 Å². The molecule has 0 unspecified atom stereocenters. The number of aromatic amines is 1. The maximum Gasteiger partial charge on any atom is 0.307 e. The van der Waals surface area contributed by atoms with E-state index in [9.17, 15) is 14.4 Å². The number of para-hydroxylation sites is 1. The van der Waals surface area contributed by atoms with E-state index in [0.29, 0.717) is 16.7 Å². The van der Waals surface area contributed by atoms with Crippen molar-refractivity contribution in [2.24, 2.45) is 0 Å². The number of H-pyrrole nitrogens is 1. The van der Waals surface area contributed by atoms with Gasteiger partial charge in [0.05, 0.1) is 30.5 Å². The molecule has 3 aromatic rings. The Morgan fingerprint density at radius 2 is 2.07 bits per heavy atom. The first-order chi connectivity index (χ1) is 13.6. The summed E-state index contributed by atoms with van der Waals surface area (Å²) >= 11 is 1.44. The first-order valence-corrected chi connectivity index (χ1v) is 9.40. The summed E-state index contributed by atoms with van der Waals surface area (Å²) in [5, 5.41) is 5.12. The van der Waals surface area contributed by atoms with Gasteiger partial charge in [0.1, 0.15) is 19.0 Å². The van der Waals surface area contributed by atoms with E-state index in [-0.39, 0.29) is 31.1 Å². The van der Waals surface area contributed by atoms with Gasteiger partial charge in [-0.25, -0.2) is 4.98 Å². The fourth-order valence-corrected chi connectivity index (χ4v) is 3.42. The second-order valence-electron chi connectivity index (χ2n) is 5.94. The van der Waals surface area contributed by atoms with Gasteiger partial charge >= 0.3 is 5.97 Å². The van der Waals surface area contributed by atoms with E-state index in [2.05, 4.69) is 20.0 Å². The largest absolute Gasteiger partial charge is 0.469 e. The summed E-state index contributed by atoms with van der Waals surface area (Å²) in [6, 6.07) is 10.2. The first kappa shape index (κ1) is 19.7. The lowest BCUT2D eigenvalue weighted by Gasteiger charge is -2.16. The molecule has 0 aliphatic heterocycles. The zero-order chi connectivity index (χ0) is 19.9. The van der Waals surface area contributed by atoms with E-state index < -0.39 is 12.0 Å². The van der Waals surface area contributed by atoms with E-state index in [4.69, 9.17) is 4.74 Å². The van der Waals surface area contributed by atoms with Crippen molar-refractivity contribution in [3.05, 3.63) is 62.8 Å². The van der Waals surface area contributed by atoms with Crippen LogP contribution < -0.4 is 10.9 Å². The maximum absolute atomic E-state index is 12.2. The molecule has 2 heterocycles. The van der Waals surface area contributed by atoms with Gasteiger partial charge in [0.15, 0.2) is 0 Å². The molecule has 146 valence electrons. The van der Waals surface area contributed by atoms with Gasteiger partial charge in [-0.3, -0.25) is 14.4 Å². The van der Waals surface area contributed by atoms with Crippen molar-refractivity contribution >= 4 is 34.1 Å². The molecule has 9 heteroatoms. The number of ether oxygens (including phenoxy) is 2. The van der Waals surface area contributed by atoms with Crippen LogP contribution in [0.2, 0.25) is 0 Å². The number of aromatic nitrogens is 2. The summed E-state index contributed by atoms with van der Waals surface area (Å²) in [6.07, 6.45) is 0.0301. The number of hydrogen-bond acceptors (Lipinski definition) is 7. The van der Waals surface area contributed by atoms with Crippen LogP contribution in [-0.2, 0) is 25.7 Å². The summed E-state index contributed by atoms with van der Waals surface area (Å²) in [5.41, 5.74) is 0.301. The topological polar surface area (TPSA) is 110 Å². The fraction of sp³-hybridized carbons (Fsp3) is 0.263. The third-order valence-electron chi connectivity index (χ3n) is 3.95. The quantitative estimate of drug-likeness (QED) is 0.558. The molecule has 0 saturated heterocycles. The lowest BCUT2D eigenvalue weighted by atomic mass is 10.1. The minimum Gasteiger partial charge on any atom is -0.469 e. The molecular formula is C19H19N3O5S. The number of fused-ring (bicyclic) bond motifs is 1. The average molecular weight is 401 g/mol. The lowest BCUT2D eigenvalue weighted by Crippen LogP contribution is -2.33. The molecule has 1 aromatic carbocycles. The minimum absolute atomic E-state index is 0.0197. The van der Waals surface area contributed by atoms with Gasteiger partial charge in [0.25, 0.3) is 5.56 Å². The van der Waals surface area contributed by atoms with Crippen molar-refractivity contribution in [1.29, 1.82) is 0 Å². The predicted octanol–water partition coefficient (Wildman–Crippen LogP) is 1.92. The number of hydrogen-bond donors (Lipinski definition) is 2. The van der Waals surface area contributed by atoms with E-state index in [1.165, 1.54) is 18.4 Å². The highest BCUT2D eigenvalue weighted by Gasteiger charge is 2.20. The molecule has 0 aliphatic rings. The summed E-state index contributed by atoms with van der Waals surface area (Å²) in [6.45, 7) is -0.256. The number of nitrogens with one attached hydrogen (secondary N) is 2. The Morgan fingerprint density at radius 1 is 1.25 bits per heavy atom. The zero-order valence-electron chi connectivity index (χ0n) is 15.1. The highest BCUT2D eigenvalue weighted by molar-refractivity contribution is 7.10. The number of carbonyl (C=O) groups is 2. The minimum atomic E-state index is -0.484. The van der Waals surface area contributed by atoms with Crippen molar-refractivity contribution in [2.45, 2.75) is 19.1 Å². The van der Waals surface area contributed by atoms with Crippen LogP contribution in [0.3, 0.4) is 0 Å². The number of nitrogens with zero attached hydrogens (tertiary/aromatic N) is 1. The molecular weight excluding hydrogens is 382 g/mol. The van der Waals surface area contributed by atoms with E-state index >= 15 is 0 Å². The van der Waals surface area contributed by atoms with Crippen molar-refractivity contribution in [3.8, 4) is 0 Å². The number of rotatable bonds is 8. The second kappa shape index (κ2) is 9.25. The Kier molecular flexibility index (Phi) is 6.51. The van der Waals surface area contributed by atoms with Crippen LogP contribution in [0.4, 0.5) is 0 Å². The smallest absolute Gasteiger partial charge is 0.307 e. The monoisotopic (exact) mass is 401 g/mol. The molecule has 2 N–H and O–H groups in total. The number of methoxy groups -OCH3 is 1. The SMILES string of the molecule is COC(=O)C[C@H](NC(=O)COCc1nc2ccccc2c(=O)[nH]1)c1cccs1. The molecule has 1 amide bonds. The molecule has 8 nitrogen and oxygen atoms in total. The Hall–Kier alpha value is -3.04. The van der Waals surface area contributed by atoms with Crippen LogP contribution in [-0.4, -0.2) is 35.6 Å². The van der Waals surface area contributed by atoms with Gasteiger partial charge in [-0.1, -0.05) is 18.2 Å². The van der Waals surface area contributed by atoms with E-state index in [1.54, 1.807) is 24.3 Å². The van der Waals surface area contributed by atoms with Crippen LogP contribution in [0.25, 0.3) is 10.9 Å². The molecule has 0 radical (unpaired) electrons. The highest BCUT2D eigenvalue weighted by Crippen LogP contribution is 2.22. The lowest BCUT2D eigenvalue weighted by molar-refractivity contribution is -0.141. The standard InChI is InChI=1S/C19H19N3O5S/c1-26-18(24)9-14(15-7-4-8-28-15)21-17(23)11-27-10-16-20-13-6-3-2-5-12(13)19(25)22-16/h2-8,14H,9-11H2,1H3,(H,21,23)(H,20,22,25)/t14-/m0/s1. The third kappa shape index (κ3) is 5.02. The number of amides is 1.